The minimum absolute atomic E-state index is 0.516. The van der Waals surface area contributed by atoms with Gasteiger partial charge in [0.1, 0.15) is 18.6 Å². The second kappa shape index (κ2) is 9.65. The Hall–Kier alpha value is -3.08. The Balaban J connectivity index is 1.70. The third kappa shape index (κ3) is 5.03. The van der Waals surface area contributed by atoms with E-state index in [2.05, 4.69) is 21.6 Å². The zero-order valence-corrected chi connectivity index (χ0v) is 21.5. The number of anilines is 1. The molecule has 0 unspecified atom stereocenters. The largest absolute Gasteiger partial charge is 0.497 e. The van der Waals surface area contributed by atoms with E-state index in [1.54, 1.807) is 33.6 Å². The van der Waals surface area contributed by atoms with Crippen LogP contribution in [0.15, 0.2) is 54.6 Å². The van der Waals surface area contributed by atoms with Crippen LogP contribution in [-0.4, -0.2) is 37.7 Å². The van der Waals surface area contributed by atoms with Crippen molar-refractivity contribution >= 4 is 40.6 Å². The van der Waals surface area contributed by atoms with Crippen LogP contribution in [0.2, 0.25) is 5.02 Å². The zero-order valence-electron chi connectivity index (χ0n) is 19.8. The molecule has 0 atom stereocenters. The number of fused-ring (bicyclic) bond motifs is 1. The van der Waals surface area contributed by atoms with Crippen LogP contribution < -0.4 is 20.1 Å². The van der Waals surface area contributed by atoms with E-state index < -0.39 is 7.14 Å². The first kappa shape index (κ1) is 24.1. The Morgan fingerprint density at radius 3 is 2.41 bits per heavy atom. The minimum atomic E-state index is -2.44. The van der Waals surface area contributed by atoms with Crippen molar-refractivity contribution in [3.63, 3.8) is 0 Å². The highest BCUT2D eigenvalue weighted by molar-refractivity contribution is 7.70. The lowest BCUT2D eigenvalue weighted by Gasteiger charge is -2.14. The van der Waals surface area contributed by atoms with Gasteiger partial charge in [0, 0.05) is 39.3 Å². The summed E-state index contributed by atoms with van der Waals surface area (Å²) >= 11 is 6.35. The molecule has 176 valence electrons. The summed E-state index contributed by atoms with van der Waals surface area (Å²) in [5.74, 6) is 2.16. The monoisotopic (exact) mass is 495 g/mol. The second-order valence-corrected chi connectivity index (χ2v) is 12.1. The van der Waals surface area contributed by atoms with Gasteiger partial charge in [-0.15, -0.1) is 5.10 Å². The maximum atomic E-state index is 12.6. The van der Waals surface area contributed by atoms with E-state index in [1.165, 1.54) is 0 Å². The summed E-state index contributed by atoms with van der Waals surface area (Å²) in [5, 5.41) is 15.4. The number of nitrogens with zero attached hydrogens (tertiary/aromatic N) is 2. The summed E-state index contributed by atoms with van der Waals surface area (Å²) in [6, 6.07) is 17.5. The average molecular weight is 496 g/mol. The molecule has 1 N–H and O–H groups in total. The molecule has 34 heavy (non-hydrogen) atoms. The average Bonchev–Trinajstić information content (AvgIpc) is 2.82. The number of hydrogen-bond donors (Lipinski definition) is 1. The lowest BCUT2D eigenvalue weighted by molar-refractivity contribution is 0.391. The first-order valence-electron chi connectivity index (χ1n) is 10.8. The van der Waals surface area contributed by atoms with Gasteiger partial charge in [0.2, 0.25) is 0 Å². The van der Waals surface area contributed by atoms with E-state index in [4.69, 9.17) is 21.1 Å². The van der Waals surface area contributed by atoms with Crippen LogP contribution in [0.5, 0.6) is 11.5 Å². The number of hydrogen-bond acceptors (Lipinski definition) is 6. The van der Waals surface area contributed by atoms with Gasteiger partial charge in [0.25, 0.3) is 0 Å². The lowest BCUT2D eigenvalue weighted by Crippen LogP contribution is -2.06. The molecule has 0 fully saturated rings. The Labute approximate surface area is 204 Å². The quantitative estimate of drug-likeness (QED) is 0.311. The number of benzene rings is 3. The molecule has 0 amide bonds. The Kier molecular flexibility index (Phi) is 6.83. The normalized spacial score (nSPS) is 11.5. The van der Waals surface area contributed by atoms with Gasteiger partial charge in [-0.3, -0.25) is 0 Å². The number of nitrogens with one attached hydrogen (secondary N) is 1. The van der Waals surface area contributed by atoms with Gasteiger partial charge in [-0.2, -0.15) is 5.10 Å². The van der Waals surface area contributed by atoms with Crippen molar-refractivity contribution in [2.45, 2.75) is 13.5 Å². The Morgan fingerprint density at radius 2 is 1.71 bits per heavy atom. The molecule has 8 heteroatoms. The van der Waals surface area contributed by atoms with Crippen LogP contribution >= 0.6 is 18.7 Å². The molecule has 0 aliphatic rings. The highest BCUT2D eigenvalue weighted by Crippen LogP contribution is 2.38. The first-order chi connectivity index (χ1) is 16.2. The summed E-state index contributed by atoms with van der Waals surface area (Å²) in [7, 11) is 0.821. The predicted molar refractivity (Wildman–Crippen MR) is 141 cm³/mol. The summed E-state index contributed by atoms with van der Waals surface area (Å²) < 4.78 is 23.4. The number of halogens is 1. The fourth-order valence-corrected chi connectivity index (χ4v) is 5.03. The molecule has 0 spiro atoms. The smallest absolute Gasteiger partial charge is 0.156 e. The van der Waals surface area contributed by atoms with Crippen molar-refractivity contribution in [1.29, 1.82) is 0 Å². The fourth-order valence-electron chi connectivity index (χ4n) is 3.82. The van der Waals surface area contributed by atoms with Crippen molar-refractivity contribution < 1.29 is 14.0 Å². The van der Waals surface area contributed by atoms with Gasteiger partial charge in [-0.25, -0.2) is 0 Å². The Bertz CT molecular complexity index is 1420. The van der Waals surface area contributed by atoms with E-state index in [-0.39, 0.29) is 0 Å². The third-order valence-corrected chi connectivity index (χ3v) is 7.46. The lowest BCUT2D eigenvalue weighted by atomic mass is 10.0. The molecule has 6 nitrogen and oxygen atoms in total. The molecule has 0 aliphatic carbocycles. The number of aromatic nitrogens is 2. The predicted octanol–water partition coefficient (Wildman–Crippen LogP) is 6.14. The molecule has 0 aliphatic heterocycles. The van der Waals surface area contributed by atoms with Crippen LogP contribution in [0.3, 0.4) is 0 Å². The summed E-state index contributed by atoms with van der Waals surface area (Å²) in [4.78, 5) is 0. The van der Waals surface area contributed by atoms with E-state index in [9.17, 15) is 4.57 Å². The van der Waals surface area contributed by atoms with Gasteiger partial charge in [0.05, 0.1) is 19.9 Å². The maximum absolute atomic E-state index is 12.6. The molecule has 1 aromatic heterocycles. The summed E-state index contributed by atoms with van der Waals surface area (Å²) in [6.45, 7) is 5.95. The topological polar surface area (TPSA) is 73.3 Å². The number of methoxy groups -OCH3 is 2. The molecule has 1 heterocycles. The number of ether oxygens (including phenoxy) is 2. The van der Waals surface area contributed by atoms with Crippen molar-refractivity contribution in [1.82, 2.24) is 10.2 Å². The van der Waals surface area contributed by atoms with Crippen LogP contribution in [0.25, 0.3) is 21.9 Å². The number of rotatable bonds is 7. The second-order valence-electron chi connectivity index (χ2n) is 8.47. The van der Waals surface area contributed by atoms with Gasteiger partial charge in [-0.05, 0) is 73.8 Å². The van der Waals surface area contributed by atoms with Gasteiger partial charge in [-0.1, -0.05) is 17.7 Å². The summed E-state index contributed by atoms with van der Waals surface area (Å²) in [6.07, 6.45) is 0. The molecule has 4 rings (SSSR count). The fraction of sp³-hybridized carbons (Fsp3) is 0.231. The van der Waals surface area contributed by atoms with Crippen LogP contribution in [0.1, 0.15) is 11.3 Å². The highest BCUT2D eigenvalue weighted by atomic mass is 35.5. The van der Waals surface area contributed by atoms with Crippen LogP contribution in [-0.2, 0) is 11.1 Å². The van der Waals surface area contributed by atoms with Crippen molar-refractivity contribution in [3.05, 3.63) is 70.9 Å². The van der Waals surface area contributed by atoms with Crippen molar-refractivity contribution in [3.8, 4) is 22.6 Å². The highest BCUT2D eigenvalue weighted by Gasteiger charge is 2.15. The minimum Gasteiger partial charge on any atom is -0.497 e. The molecule has 4 aromatic rings. The standard InChI is InChI=1S/C26H27ClN3O3P/c1-16-24-12-17(19-10-20(27)13-22(11-19)34(4,5)31)7-9-23(24)26(30-29-16)28-15-18-6-8-21(32-2)14-25(18)33-3/h6-14H,15H2,1-5H3,(H,28,30). The van der Waals surface area contributed by atoms with E-state index in [1.807, 2.05) is 49.4 Å². The van der Waals surface area contributed by atoms with Gasteiger partial charge < -0.3 is 19.4 Å². The molecule has 0 radical (unpaired) electrons. The molecule has 0 saturated heterocycles. The van der Waals surface area contributed by atoms with Crippen LogP contribution in [0.4, 0.5) is 5.82 Å². The van der Waals surface area contributed by atoms with E-state index in [0.717, 1.165) is 50.0 Å². The molecule has 0 saturated carbocycles. The first-order valence-corrected chi connectivity index (χ1v) is 13.8. The number of aryl methyl sites for hydroxylation is 1. The van der Waals surface area contributed by atoms with Gasteiger partial charge >= 0.3 is 0 Å². The van der Waals surface area contributed by atoms with Crippen molar-refractivity contribution in [2.24, 2.45) is 0 Å². The maximum Gasteiger partial charge on any atom is 0.156 e. The van der Waals surface area contributed by atoms with Crippen LogP contribution in [0, 0.1) is 6.92 Å². The SMILES string of the molecule is COc1ccc(CNc2nnc(C)c3cc(-c4cc(Cl)cc(P(C)(C)=O)c4)ccc23)c(OC)c1. The van der Waals surface area contributed by atoms with E-state index >= 15 is 0 Å². The van der Waals surface area contributed by atoms with Gasteiger partial charge in [0.15, 0.2) is 5.82 Å². The third-order valence-electron chi connectivity index (χ3n) is 5.74. The molecular weight excluding hydrogens is 469 g/mol. The van der Waals surface area contributed by atoms with Crippen molar-refractivity contribution in [2.75, 3.05) is 32.9 Å². The molecule has 3 aromatic carbocycles. The molecular formula is C26H27ClN3O3P. The van der Waals surface area contributed by atoms with E-state index in [0.29, 0.717) is 17.4 Å². The molecule has 0 bridgehead atoms. The Morgan fingerprint density at radius 1 is 0.912 bits per heavy atom. The zero-order chi connectivity index (χ0) is 24.5. The summed E-state index contributed by atoms with van der Waals surface area (Å²) in [5.41, 5.74) is 3.69.